The summed E-state index contributed by atoms with van der Waals surface area (Å²) in [5, 5.41) is 6.66. The molecule has 2 aromatic carbocycles. The average molecular weight is 429 g/mol. The van der Waals surface area contributed by atoms with E-state index in [9.17, 15) is 4.79 Å². The minimum atomic E-state index is -0.225. The third-order valence-electron chi connectivity index (χ3n) is 6.84. The number of rotatable bonds is 6. The molecule has 1 fully saturated rings. The highest BCUT2D eigenvalue weighted by molar-refractivity contribution is 6.05. The molecule has 2 N–H and O–H groups in total. The van der Waals surface area contributed by atoms with Gasteiger partial charge < -0.3 is 10.5 Å². The first-order chi connectivity index (χ1) is 15.6. The summed E-state index contributed by atoms with van der Waals surface area (Å²) in [6, 6.07) is 18.8. The van der Waals surface area contributed by atoms with Crippen LogP contribution >= 0.6 is 0 Å². The Kier molecular flexibility index (Phi) is 5.39. The number of allylic oxidation sites excluding steroid dienone is 1. The summed E-state index contributed by atoms with van der Waals surface area (Å²) in [5.74, 6) is 0.602. The van der Waals surface area contributed by atoms with Gasteiger partial charge in [-0.2, -0.15) is 5.10 Å². The quantitative estimate of drug-likeness (QED) is 0.692. The van der Waals surface area contributed by atoms with Crippen molar-refractivity contribution in [1.82, 2.24) is 5.01 Å². The maximum Gasteiger partial charge on any atom is 0.305 e. The maximum absolute atomic E-state index is 11.7. The first-order valence-electron chi connectivity index (χ1n) is 11.2. The minimum Gasteiger partial charge on any atom is -0.469 e. The predicted octanol–water partition coefficient (Wildman–Crippen LogP) is 4.40. The molecule has 0 radical (unpaired) electrons. The van der Waals surface area contributed by atoms with Crippen molar-refractivity contribution < 1.29 is 9.53 Å². The molecule has 2 aliphatic heterocycles. The first kappa shape index (κ1) is 20.6. The van der Waals surface area contributed by atoms with Crippen LogP contribution in [-0.4, -0.2) is 30.1 Å². The fourth-order valence-electron chi connectivity index (χ4n) is 4.78. The third kappa shape index (κ3) is 3.65. The normalized spacial score (nSPS) is 23.1. The number of carbonyl (C=O) groups excluding carboxylic acids is 1. The summed E-state index contributed by atoms with van der Waals surface area (Å²) in [7, 11) is 1.42. The summed E-state index contributed by atoms with van der Waals surface area (Å²) in [4.78, 5) is 16.8. The number of nitrogens with two attached hydrogens (primary N) is 1. The van der Waals surface area contributed by atoms with Crippen molar-refractivity contribution in [3.05, 3.63) is 82.9 Å². The van der Waals surface area contributed by atoms with Crippen LogP contribution in [0.5, 0.6) is 0 Å². The molecule has 2 heterocycles. The molecular formula is C26H28N4O2. The molecule has 1 aliphatic carbocycles. The van der Waals surface area contributed by atoms with Crippen molar-refractivity contribution >= 4 is 18.0 Å². The van der Waals surface area contributed by atoms with E-state index in [1.54, 1.807) is 6.21 Å². The molecular weight excluding hydrogens is 400 g/mol. The summed E-state index contributed by atoms with van der Waals surface area (Å²) in [6.45, 7) is 0. The number of aliphatic imine (C=N–C) groups is 1. The second-order valence-electron chi connectivity index (χ2n) is 8.76. The van der Waals surface area contributed by atoms with Crippen LogP contribution in [0.2, 0.25) is 0 Å². The molecule has 3 aliphatic rings. The van der Waals surface area contributed by atoms with Gasteiger partial charge in [0.25, 0.3) is 0 Å². The van der Waals surface area contributed by atoms with Gasteiger partial charge in [0.15, 0.2) is 0 Å². The zero-order valence-electron chi connectivity index (χ0n) is 18.3. The van der Waals surface area contributed by atoms with Crippen molar-refractivity contribution in [1.29, 1.82) is 0 Å². The molecule has 0 aromatic heterocycles. The number of benzene rings is 2. The van der Waals surface area contributed by atoms with Crippen molar-refractivity contribution in [2.45, 2.75) is 49.7 Å². The van der Waals surface area contributed by atoms with Crippen molar-refractivity contribution in [3.63, 3.8) is 0 Å². The zero-order valence-corrected chi connectivity index (χ0v) is 18.3. The van der Waals surface area contributed by atoms with E-state index in [-0.39, 0.29) is 23.6 Å². The highest BCUT2D eigenvalue weighted by atomic mass is 16.5. The highest BCUT2D eigenvalue weighted by Gasteiger charge is 2.41. The van der Waals surface area contributed by atoms with Gasteiger partial charge in [0, 0.05) is 18.2 Å². The maximum atomic E-state index is 11.7. The number of hydrazone groups is 1. The number of methoxy groups -OCH3 is 1. The second kappa shape index (κ2) is 8.36. The Morgan fingerprint density at radius 1 is 1.12 bits per heavy atom. The van der Waals surface area contributed by atoms with Gasteiger partial charge in [0.05, 0.1) is 7.11 Å². The monoisotopic (exact) mass is 428 g/mol. The number of ether oxygens (including phenoxy) is 1. The Morgan fingerprint density at radius 2 is 1.88 bits per heavy atom. The predicted molar refractivity (Wildman–Crippen MR) is 125 cm³/mol. The number of nitrogens with zero attached hydrogens (tertiary/aromatic N) is 3. The van der Waals surface area contributed by atoms with Crippen molar-refractivity contribution in [3.8, 4) is 0 Å². The molecule has 2 atom stereocenters. The van der Waals surface area contributed by atoms with E-state index >= 15 is 0 Å². The fourth-order valence-corrected chi connectivity index (χ4v) is 4.78. The Balaban J connectivity index is 1.49. The highest BCUT2D eigenvalue weighted by Crippen LogP contribution is 2.45. The molecule has 164 valence electrons. The van der Waals surface area contributed by atoms with Crippen LogP contribution < -0.4 is 5.73 Å². The van der Waals surface area contributed by atoms with Gasteiger partial charge in [-0.1, -0.05) is 54.6 Å². The van der Waals surface area contributed by atoms with E-state index in [2.05, 4.69) is 41.5 Å². The van der Waals surface area contributed by atoms with Gasteiger partial charge in [-0.25, -0.2) is 5.01 Å². The van der Waals surface area contributed by atoms with Crippen LogP contribution in [-0.2, 0) is 15.1 Å². The molecule has 0 bridgehead atoms. The van der Waals surface area contributed by atoms with Gasteiger partial charge in [0.2, 0.25) is 0 Å². The zero-order chi connectivity index (χ0) is 22.1. The van der Waals surface area contributed by atoms with Gasteiger partial charge >= 0.3 is 5.97 Å². The van der Waals surface area contributed by atoms with E-state index in [1.807, 2.05) is 29.3 Å². The number of carbonyl (C=O) groups is 1. The van der Waals surface area contributed by atoms with Gasteiger partial charge in [-0.15, -0.1) is 0 Å². The van der Waals surface area contributed by atoms with Crippen molar-refractivity contribution in [2.24, 2.45) is 15.8 Å². The van der Waals surface area contributed by atoms with Gasteiger partial charge in [-0.05, 0) is 54.0 Å². The fraction of sp³-hybridized carbons (Fsp3) is 0.346. The second-order valence-corrected chi connectivity index (χ2v) is 8.76. The Labute approximate surface area is 188 Å². The average Bonchev–Trinajstić information content (AvgIpc) is 3.22. The number of amidine groups is 1. The molecule has 5 rings (SSSR count). The SMILES string of the molecule is COC(=O)CCC1=CC=NN2C1=NC(c1ccc(C3(N)CCC3)cc1)C2c1ccccc1. The van der Waals surface area contributed by atoms with Gasteiger partial charge in [-0.3, -0.25) is 9.79 Å². The summed E-state index contributed by atoms with van der Waals surface area (Å²) >= 11 is 0. The summed E-state index contributed by atoms with van der Waals surface area (Å²) in [5.41, 5.74) is 10.8. The van der Waals surface area contributed by atoms with E-state index < -0.39 is 0 Å². The molecule has 32 heavy (non-hydrogen) atoms. The number of hydrogen-bond donors (Lipinski definition) is 1. The van der Waals surface area contributed by atoms with Crippen molar-refractivity contribution in [2.75, 3.05) is 7.11 Å². The minimum absolute atomic E-state index is 0.0503. The smallest absolute Gasteiger partial charge is 0.305 e. The van der Waals surface area contributed by atoms with Crippen LogP contribution in [0.1, 0.15) is 60.9 Å². The lowest BCUT2D eigenvalue weighted by Crippen LogP contribution is -2.43. The molecule has 1 saturated carbocycles. The molecule has 0 amide bonds. The van der Waals surface area contributed by atoms with E-state index in [0.717, 1.165) is 35.4 Å². The largest absolute Gasteiger partial charge is 0.469 e. The van der Waals surface area contributed by atoms with Gasteiger partial charge in [0.1, 0.15) is 17.9 Å². The van der Waals surface area contributed by atoms with Crippen LogP contribution in [0.15, 0.2) is 76.3 Å². The van der Waals surface area contributed by atoms with E-state index in [4.69, 9.17) is 15.5 Å². The lowest BCUT2D eigenvalue weighted by Gasteiger charge is -2.38. The molecule has 2 aromatic rings. The molecule has 0 spiro atoms. The lowest BCUT2D eigenvalue weighted by atomic mass is 9.72. The molecule has 6 heteroatoms. The number of hydrogen-bond acceptors (Lipinski definition) is 6. The van der Waals surface area contributed by atoms with Crippen LogP contribution in [0.25, 0.3) is 0 Å². The van der Waals surface area contributed by atoms with E-state index in [1.165, 1.54) is 19.1 Å². The number of fused-ring (bicyclic) bond motifs is 1. The van der Waals surface area contributed by atoms with E-state index in [0.29, 0.717) is 12.8 Å². The number of esters is 1. The summed E-state index contributed by atoms with van der Waals surface area (Å²) in [6.07, 6.45) is 7.90. The molecule has 6 nitrogen and oxygen atoms in total. The Morgan fingerprint density at radius 3 is 2.53 bits per heavy atom. The van der Waals surface area contributed by atoms with Crippen LogP contribution in [0.3, 0.4) is 0 Å². The first-order valence-corrected chi connectivity index (χ1v) is 11.2. The Hall–Kier alpha value is -3.25. The topological polar surface area (TPSA) is 80.3 Å². The Bertz CT molecular complexity index is 1080. The lowest BCUT2D eigenvalue weighted by molar-refractivity contribution is -0.140. The standard InChI is InChI=1S/C26H28N4O2/c1-32-22(31)13-10-20-14-17-28-30-24(19-6-3-2-4-7-19)23(29-25(20)30)18-8-11-21(12-9-18)26(27)15-5-16-26/h2-4,6-9,11-12,14,17,23-24H,5,10,13,15-16,27H2,1H3. The summed E-state index contributed by atoms with van der Waals surface area (Å²) < 4.78 is 4.82. The molecule has 0 saturated heterocycles. The third-order valence-corrected chi connectivity index (χ3v) is 6.84. The molecule has 2 unspecified atom stereocenters. The van der Waals surface area contributed by atoms with Crippen LogP contribution in [0, 0.1) is 0 Å². The van der Waals surface area contributed by atoms with Crippen LogP contribution in [0.4, 0.5) is 0 Å².